The number of imidazole rings is 1. The first-order valence-corrected chi connectivity index (χ1v) is 8.67. The smallest absolute Gasteiger partial charge is 0.289 e. The van der Waals surface area contributed by atoms with Crippen molar-refractivity contribution in [2.24, 2.45) is 11.3 Å². The molecule has 2 saturated heterocycles. The van der Waals surface area contributed by atoms with Crippen LogP contribution in [0.4, 0.5) is 0 Å². The molecule has 1 aliphatic carbocycles. The standard InChI is InChI=1S/C17H26N4O/c1-13-9-18-15(19-13)16(22)21-8-6-17(12-21)5-2-7-20(11-17)10-14-3-4-14/h9,14H,2-8,10-12H2,1H3,(H,18,19)/t17-/m1/s1. The van der Waals surface area contributed by atoms with Crippen LogP contribution in [0.5, 0.6) is 0 Å². The highest BCUT2D eigenvalue weighted by Crippen LogP contribution is 2.40. The van der Waals surface area contributed by atoms with Crippen LogP contribution >= 0.6 is 0 Å². The lowest BCUT2D eigenvalue weighted by atomic mass is 9.79. The molecule has 5 heteroatoms. The average molecular weight is 302 g/mol. The number of aryl methyl sites for hydroxylation is 1. The minimum absolute atomic E-state index is 0.0734. The van der Waals surface area contributed by atoms with E-state index in [-0.39, 0.29) is 5.91 Å². The second-order valence-corrected chi connectivity index (χ2v) is 7.67. The minimum atomic E-state index is 0.0734. The molecular weight excluding hydrogens is 276 g/mol. The highest BCUT2D eigenvalue weighted by Gasteiger charge is 2.43. The van der Waals surface area contributed by atoms with Crippen LogP contribution in [0.25, 0.3) is 0 Å². The molecule has 0 bridgehead atoms. The summed E-state index contributed by atoms with van der Waals surface area (Å²) in [5.41, 5.74) is 1.29. The Kier molecular flexibility index (Phi) is 3.48. The molecular formula is C17H26N4O. The summed E-state index contributed by atoms with van der Waals surface area (Å²) in [6, 6.07) is 0. The molecule has 120 valence electrons. The maximum Gasteiger partial charge on any atom is 0.289 e. The molecule has 1 aromatic rings. The van der Waals surface area contributed by atoms with Crippen LogP contribution in [-0.4, -0.2) is 58.4 Å². The Morgan fingerprint density at radius 2 is 2.23 bits per heavy atom. The SMILES string of the molecule is Cc1cnc(C(=O)N2CC[C@@]3(CCCN(CC4CC4)C3)C2)[nH]1. The lowest BCUT2D eigenvalue weighted by Crippen LogP contribution is -2.46. The van der Waals surface area contributed by atoms with Crippen molar-refractivity contribution < 1.29 is 4.79 Å². The molecule has 0 radical (unpaired) electrons. The molecule has 3 fully saturated rings. The fraction of sp³-hybridized carbons (Fsp3) is 0.765. The zero-order chi connectivity index (χ0) is 15.2. The van der Waals surface area contributed by atoms with E-state index in [1.54, 1.807) is 6.20 Å². The van der Waals surface area contributed by atoms with Crippen molar-refractivity contribution in [3.8, 4) is 0 Å². The fourth-order valence-electron chi connectivity index (χ4n) is 4.24. The molecule has 4 rings (SSSR count). The van der Waals surface area contributed by atoms with Gasteiger partial charge in [0.15, 0.2) is 5.82 Å². The van der Waals surface area contributed by atoms with E-state index >= 15 is 0 Å². The number of carbonyl (C=O) groups is 1. The number of H-pyrrole nitrogens is 1. The number of aromatic amines is 1. The first-order chi connectivity index (χ1) is 10.6. The Bertz CT molecular complexity index is 565. The molecule has 1 saturated carbocycles. The highest BCUT2D eigenvalue weighted by atomic mass is 16.2. The van der Waals surface area contributed by atoms with Crippen LogP contribution in [0.1, 0.15) is 48.4 Å². The van der Waals surface area contributed by atoms with Crippen LogP contribution in [0.2, 0.25) is 0 Å². The van der Waals surface area contributed by atoms with Crippen LogP contribution in [0, 0.1) is 18.3 Å². The zero-order valence-corrected chi connectivity index (χ0v) is 13.5. The summed E-state index contributed by atoms with van der Waals surface area (Å²) in [5, 5.41) is 0. The fourth-order valence-corrected chi connectivity index (χ4v) is 4.24. The van der Waals surface area contributed by atoms with Gasteiger partial charge in [0.1, 0.15) is 0 Å². The number of aromatic nitrogens is 2. The summed E-state index contributed by atoms with van der Waals surface area (Å²) < 4.78 is 0. The molecule has 0 aromatic carbocycles. The molecule has 1 amide bonds. The Hall–Kier alpha value is -1.36. The van der Waals surface area contributed by atoms with Crippen molar-refractivity contribution in [3.63, 3.8) is 0 Å². The first kappa shape index (κ1) is 14.2. The third kappa shape index (κ3) is 2.78. The molecule has 0 unspecified atom stereocenters. The number of hydrogen-bond donors (Lipinski definition) is 1. The van der Waals surface area contributed by atoms with Crippen LogP contribution < -0.4 is 0 Å². The maximum atomic E-state index is 12.6. The van der Waals surface area contributed by atoms with E-state index in [0.29, 0.717) is 11.2 Å². The van der Waals surface area contributed by atoms with Gasteiger partial charge in [0, 0.05) is 43.5 Å². The normalized spacial score (nSPS) is 29.4. The summed E-state index contributed by atoms with van der Waals surface area (Å²) >= 11 is 0. The van der Waals surface area contributed by atoms with Gasteiger partial charge < -0.3 is 14.8 Å². The van der Waals surface area contributed by atoms with Gasteiger partial charge in [-0.3, -0.25) is 4.79 Å². The van der Waals surface area contributed by atoms with E-state index in [9.17, 15) is 4.79 Å². The Balaban J connectivity index is 1.41. The topological polar surface area (TPSA) is 52.2 Å². The van der Waals surface area contributed by atoms with Gasteiger partial charge in [0.05, 0.1) is 0 Å². The second-order valence-electron chi connectivity index (χ2n) is 7.67. The van der Waals surface area contributed by atoms with Gasteiger partial charge in [-0.1, -0.05) is 0 Å². The average Bonchev–Trinajstić information content (AvgIpc) is 3.06. The number of piperidine rings is 1. The first-order valence-electron chi connectivity index (χ1n) is 8.67. The quantitative estimate of drug-likeness (QED) is 0.930. The predicted octanol–water partition coefficient (Wildman–Crippen LogP) is 2.06. The monoisotopic (exact) mass is 302 g/mol. The molecule has 22 heavy (non-hydrogen) atoms. The van der Waals surface area contributed by atoms with Gasteiger partial charge in [-0.05, 0) is 51.5 Å². The van der Waals surface area contributed by atoms with Crippen molar-refractivity contribution >= 4 is 5.91 Å². The largest absolute Gasteiger partial charge is 0.338 e. The lowest BCUT2D eigenvalue weighted by Gasteiger charge is -2.40. The van der Waals surface area contributed by atoms with Gasteiger partial charge >= 0.3 is 0 Å². The summed E-state index contributed by atoms with van der Waals surface area (Å²) in [5.74, 6) is 1.53. The summed E-state index contributed by atoms with van der Waals surface area (Å²) in [7, 11) is 0. The predicted molar refractivity (Wildman–Crippen MR) is 84.7 cm³/mol. The number of likely N-dealkylation sites (tertiary alicyclic amines) is 2. The number of amides is 1. The number of nitrogens with zero attached hydrogens (tertiary/aromatic N) is 3. The van der Waals surface area contributed by atoms with E-state index in [4.69, 9.17) is 0 Å². The highest BCUT2D eigenvalue weighted by molar-refractivity contribution is 5.90. The van der Waals surface area contributed by atoms with Gasteiger partial charge in [-0.15, -0.1) is 0 Å². The van der Waals surface area contributed by atoms with Crippen LogP contribution in [0.15, 0.2) is 6.20 Å². The summed E-state index contributed by atoms with van der Waals surface area (Å²) in [6.07, 6.45) is 8.29. The maximum absolute atomic E-state index is 12.6. The number of carbonyl (C=O) groups excluding carboxylic acids is 1. The molecule has 3 heterocycles. The van der Waals surface area contributed by atoms with Crippen molar-refractivity contribution in [2.45, 2.75) is 39.0 Å². The van der Waals surface area contributed by atoms with Gasteiger partial charge in [0.2, 0.25) is 0 Å². The molecule has 1 aromatic heterocycles. The third-order valence-electron chi connectivity index (χ3n) is 5.58. The van der Waals surface area contributed by atoms with E-state index in [0.717, 1.165) is 31.1 Å². The minimum Gasteiger partial charge on any atom is -0.338 e. The molecule has 1 N–H and O–H groups in total. The van der Waals surface area contributed by atoms with Crippen LogP contribution in [-0.2, 0) is 0 Å². The Labute approximate surface area is 132 Å². The Morgan fingerprint density at radius 1 is 1.36 bits per heavy atom. The molecule has 1 atom stereocenters. The Morgan fingerprint density at radius 3 is 2.95 bits per heavy atom. The zero-order valence-electron chi connectivity index (χ0n) is 13.5. The lowest BCUT2D eigenvalue weighted by molar-refractivity contribution is 0.0672. The second kappa shape index (κ2) is 5.37. The summed E-state index contributed by atoms with van der Waals surface area (Å²) in [6.45, 7) is 7.45. The summed E-state index contributed by atoms with van der Waals surface area (Å²) in [4.78, 5) is 24.5. The van der Waals surface area contributed by atoms with Gasteiger partial charge in [-0.25, -0.2) is 4.98 Å². The van der Waals surface area contributed by atoms with Gasteiger partial charge in [-0.2, -0.15) is 0 Å². The van der Waals surface area contributed by atoms with Crippen molar-refractivity contribution in [1.29, 1.82) is 0 Å². The van der Waals surface area contributed by atoms with Crippen LogP contribution in [0.3, 0.4) is 0 Å². The molecule has 1 spiro atoms. The molecule has 2 aliphatic heterocycles. The van der Waals surface area contributed by atoms with Crippen molar-refractivity contribution in [1.82, 2.24) is 19.8 Å². The van der Waals surface area contributed by atoms with E-state index < -0.39 is 0 Å². The van der Waals surface area contributed by atoms with E-state index in [1.165, 1.54) is 45.3 Å². The number of hydrogen-bond acceptors (Lipinski definition) is 3. The number of rotatable bonds is 3. The van der Waals surface area contributed by atoms with E-state index in [2.05, 4.69) is 14.9 Å². The van der Waals surface area contributed by atoms with Gasteiger partial charge in [0.25, 0.3) is 5.91 Å². The number of nitrogens with one attached hydrogen (secondary N) is 1. The van der Waals surface area contributed by atoms with E-state index in [1.807, 2.05) is 11.8 Å². The molecule has 5 nitrogen and oxygen atoms in total. The third-order valence-corrected chi connectivity index (χ3v) is 5.58. The molecule has 3 aliphatic rings. The van der Waals surface area contributed by atoms with Crippen molar-refractivity contribution in [2.75, 3.05) is 32.7 Å². The van der Waals surface area contributed by atoms with Crippen molar-refractivity contribution in [3.05, 3.63) is 17.7 Å².